The fourth-order valence-electron chi connectivity index (χ4n) is 4.81. The molecular formula is C27H26BrN5S. The molecule has 4 heterocycles. The molecule has 172 valence electrons. The highest BCUT2D eigenvalue weighted by Gasteiger charge is 2.42. The van der Waals surface area contributed by atoms with Gasteiger partial charge in [-0.05, 0) is 105 Å². The predicted molar refractivity (Wildman–Crippen MR) is 145 cm³/mol. The molecule has 0 saturated carbocycles. The van der Waals surface area contributed by atoms with E-state index >= 15 is 0 Å². The quantitative estimate of drug-likeness (QED) is 0.307. The molecule has 0 bridgehead atoms. The van der Waals surface area contributed by atoms with E-state index in [2.05, 4.69) is 105 Å². The normalized spacial score (nSPS) is 17.8. The Labute approximate surface area is 214 Å². The van der Waals surface area contributed by atoms with E-state index in [-0.39, 0.29) is 12.1 Å². The predicted octanol–water partition coefficient (Wildman–Crippen LogP) is 6.44. The minimum Gasteiger partial charge on any atom is -0.351 e. The van der Waals surface area contributed by atoms with Crippen LogP contribution in [0.25, 0.3) is 5.82 Å². The summed E-state index contributed by atoms with van der Waals surface area (Å²) in [6, 6.07) is 18.6. The maximum absolute atomic E-state index is 5.90. The van der Waals surface area contributed by atoms with Crippen molar-refractivity contribution in [2.24, 2.45) is 0 Å². The van der Waals surface area contributed by atoms with E-state index in [0.29, 0.717) is 5.11 Å². The molecule has 0 radical (unpaired) electrons. The molecular weight excluding hydrogens is 506 g/mol. The van der Waals surface area contributed by atoms with Crippen molar-refractivity contribution in [1.82, 2.24) is 19.9 Å². The topological polar surface area (TPSA) is 46.0 Å². The third-order valence-electron chi connectivity index (χ3n) is 6.44. The van der Waals surface area contributed by atoms with Crippen LogP contribution in [0.4, 0.5) is 5.69 Å². The van der Waals surface area contributed by atoms with Gasteiger partial charge in [-0.3, -0.25) is 4.98 Å². The number of rotatable bonds is 4. The van der Waals surface area contributed by atoms with Gasteiger partial charge in [0.1, 0.15) is 5.82 Å². The van der Waals surface area contributed by atoms with Crippen LogP contribution in [0.5, 0.6) is 0 Å². The first-order valence-electron chi connectivity index (χ1n) is 11.2. The zero-order valence-corrected chi connectivity index (χ0v) is 22.0. The van der Waals surface area contributed by atoms with Crippen molar-refractivity contribution < 1.29 is 0 Å². The van der Waals surface area contributed by atoms with Gasteiger partial charge < -0.3 is 14.8 Å². The summed E-state index contributed by atoms with van der Waals surface area (Å²) in [4.78, 5) is 11.6. The monoisotopic (exact) mass is 531 g/mol. The molecule has 1 aliphatic rings. The van der Waals surface area contributed by atoms with Crippen LogP contribution in [-0.4, -0.2) is 19.6 Å². The third-order valence-corrected chi connectivity index (χ3v) is 7.64. The van der Waals surface area contributed by atoms with Crippen LogP contribution in [0, 0.1) is 27.7 Å². The number of aromatic nitrogens is 3. The van der Waals surface area contributed by atoms with E-state index in [0.717, 1.165) is 38.6 Å². The fourth-order valence-corrected chi connectivity index (χ4v) is 5.40. The Balaban J connectivity index is 1.69. The molecule has 4 aromatic rings. The molecule has 0 amide bonds. The minimum atomic E-state index is -0.0860. The summed E-state index contributed by atoms with van der Waals surface area (Å²) in [6.07, 6.45) is 3.70. The molecule has 34 heavy (non-hydrogen) atoms. The molecule has 2 atom stereocenters. The Kier molecular flexibility index (Phi) is 6.00. The van der Waals surface area contributed by atoms with Crippen molar-refractivity contribution >= 4 is 38.9 Å². The summed E-state index contributed by atoms with van der Waals surface area (Å²) in [6.45, 7) is 8.48. The van der Waals surface area contributed by atoms with Gasteiger partial charge in [0, 0.05) is 33.9 Å². The molecule has 3 aromatic heterocycles. The fraction of sp³-hybridized carbons (Fsp3) is 0.222. The van der Waals surface area contributed by atoms with Gasteiger partial charge in [-0.1, -0.05) is 22.0 Å². The highest BCUT2D eigenvalue weighted by atomic mass is 79.9. The number of halogens is 1. The number of anilines is 1. The number of benzene rings is 1. The summed E-state index contributed by atoms with van der Waals surface area (Å²) < 4.78 is 3.31. The van der Waals surface area contributed by atoms with Crippen LogP contribution in [0.15, 0.2) is 71.5 Å². The van der Waals surface area contributed by atoms with Gasteiger partial charge in [-0.25, -0.2) is 4.98 Å². The molecule has 0 spiro atoms. The van der Waals surface area contributed by atoms with Crippen LogP contribution in [-0.2, 0) is 0 Å². The summed E-state index contributed by atoms with van der Waals surface area (Å²) >= 11 is 9.53. The van der Waals surface area contributed by atoms with Crippen LogP contribution < -0.4 is 10.2 Å². The average Bonchev–Trinajstić information content (AvgIpc) is 3.31. The van der Waals surface area contributed by atoms with Crippen LogP contribution >= 0.6 is 28.1 Å². The highest BCUT2D eigenvalue weighted by molar-refractivity contribution is 9.10. The van der Waals surface area contributed by atoms with E-state index in [1.54, 1.807) is 0 Å². The smallest absolute Gasteiger partial charge is 0.174 e. The maximum Gasteiger partial charge on any atom is 0.174 e. The van der Waals surface area contributed by atoms with Gasteiger partial charge in [0.15, 0.2) is 5.11 Å². The SMILES string of the molecule is Cc1ccnc(-n2c(C)cc([C@@H]3[C@@H](c4ccccn4)NC(=S)N3c3ccc(Br)c(C)c3)c2C)c1. The van der Waals surface area contributed by atoms with Crippen molar-refractivity contribution in [2.75, 3.05) is 4.90 Å². The van der Waals surface area contributed by atoms with Gasteiger partial charge in [-0.2, -0.15) is 0 Å². The van der Waals surface area contributed by atoms with E-state index in [4.69, 9.17) is 12.2 Å². The van der Waals surface area contributed by atoms with Crippen molar-refractivity contribution in [3.8, 4) is 5.82 Å². The number of thiocarbonyl (C=S) groups is 1. The van der Waals surface area contributed by atoms with E-state index < -0.39 is 0 Å². The lowest BCUT2D eigenvalue weighted by molar-refractivity contribution is 0.565. The zero-order chi connectivity index (χ0) is 24.0. The first-order valence-corrected chi connectivity index (χ1v) is 12.4. The summed E-state index contributed by atoms with van der Waals surface area (Å²) in [5, 5.41) is 4.26. The number of hydrogen-bond donors (Lipinski definition) is 1. The Bertz CT molecular complexity index is 1380. The summed E-state index contributed by atoms with van der Waals surface area (Å²) in [5.41, 5.74) is 7.84. The van der Waals surface area contributed by atoms with Gasteiger partial charge in [0.05, 0.1) is 17.8 Å². The molecule has 1 fully saturated rings. The largest absolute Gasteiger partial charge is 0.351 e. The Hall–Kier alpha value is -3.03. The average molecular weight is 533 g/mol. The number of aryl methyl sites for hydroxylation is 3. The molecule has 1 aromatic carbocycles. The van der Waals surface area contributed by atoms with Crippen molar-refractivity contribution in [3.05, 3.63) is 105 Å². The molecule has 1 aliphatic heterocycles. The highest BCUT2D eigenvalue weighted by Crippen LogP contribution is 2.44. The van der Waals surface area contributed by atoms with Gasteiger partial charge in [0.25, 0.3) is 0 Å². The lowest BCUT2D eigenvalue weighted by Crippen LogP contribution is -2.29. The first-order chi connectivity index (χ1) is 16.3. The number of nitrogens with one attached hydrogen (secondary N) is 1. The molecule has 1 saturated heterocycles. The lowest BCUT2D eigenvalue weighted by Gasteiger charge is -2.28. The van der Waals surface area contributed by atoms with E-state index in [1.807, 2.05) is 30.6 Å². The van der Waals surface area contributed by atoms with Crippen LogP contribution in [0.3, 0.4) is 0 Å². The lowest BCUT2D eigenvalue weighted by atomic mass is 9.96. The number of hydrogen-bond acceptors (Lipinski definition) is 3. The Morgan fingerprint density at radius 3 is 2.47 bits per heavy atom. The number of nitrogens with zero attached hydrogens (tertiary/aromatic N) is 4. The standard InChI is InChI=1S/C27H26BrN5S/c1-16-10-12-30-24(13-16)32-18(3)15-21(19(32)4)26-25(23-7-5-6-11-29-23)31-27(34)33(26)20-8-9-22(28)17(2)14-20/h5-15,25-26H,1-4H3,(H,31,34)/t25-,26-/m1/s1. The molecule has 1 N–H and O–H groups in total. The summed E-state index contributed by atoms with van der Waals surface area (Å²) in [7, 11) is 0. The second-order valence-electron chi connectivity index (χ2n) is 8.78. The van der Waals surface area contributed by atoms with E-state index in [9.17, 15) is 0 Å². The Morgan fingerprint density at radius 1 is 0.941 bits per heavy atom. The van der Waals surface area contributed by atoms with Gasteiger partial charge in [-0.15, -0.1) is 0 Å². The summed E-state index contributed by atoms with van der Waals surface area (Å²) in [5.74, 6) is 0.926. The molecule has 5 rings (SSSR count). The molecule has 0 unspecified atom stereocenters. The van der Waals surface area contributed by atoms with E-state index in [1.165, 1.54) is 11.1 Å². The molecule has 5 nitrogen and oxygen atoms in total. The second kappa shape index (κ2) is 8.96. The van der Waals surface area contributed by atoms with Crippen molar-refractivity contribution in [1.29, 1.82) is 0 Å². The van der Waals surface area contributed by atoms with Crippen molar-refractivity contribution in [2.45, 2.75) is 39.8 Å². The molecule has 7 heteroatoms. The zero-order valence-electron chi connectivity index (χ0n) is 19.6. The third kappa shape index (κ3) is 3.93. The Morgan fingerprint density at radius 2 is 1.76 bits per heavy atom. The maximum atomic E-state index is 5.90. The second-order valence-corrected chi connectivity index (χ2v) is 10.0. The van der Waals surface area contributed by atoms with Crippen LogP contribution in [0.2, 0.25) is 0 Å². The van der Waals surface area contributed by atoms with Gasteiger partial charge in [0.2, 0.25) is 0 Å². The van der Waals surface area contributed by atoms with Crippen LogP contribution in [0.1, 0.15) is 45.9 Å². The minimum absolute atomic E-state index is 0.0623. The van der Waals surface area contributed by atoms with Crippen molar-refractivity contribution in [3.63, 3.8) is 0 Å². The molecule has 0 aliphatic carbocycles. The van der Waals surface area contributed by atoms with Gasteiger partial charge >= 0.3 is 0 Å². The number of pyridine rings is 2. The first kappa shape index (κ1) is 22.7.